The fraction of sp³-hybridized carbons (Fsp3) is 0.750. The Balaban J connectivity index is 4.20. The van der Waals surface area contributed by atoms with Crippen molar-refractivity contribution in [3.05, 3.63) is 0 Å². The van der Waals surface area contributed by atoms with Gasteiger partial charge in [0.2, 0.25) is 0 Å². The van der Waals surface area contributed by atoms with Gasteiger partial charge in [-0.1, -0.05) is 0 Å². The second-order valence-electron chi connectivity index (χ2n) is 2.57. The Bertz CT molecular complexity index is 189. The van der Waals surface area contributed by atoms with Crippen LogP contribution in [0.15, 0.2) is 5.10 Å². The van der Waals surface area contributed by atoms with Crippen LogP contribution in [-0.4, -0.2) is 41.4 Å². The van der Waals surface area contributed by atoms with Crippen molar-refractivity contribution < 1.29 is 4.79 Å². The largest absolute Gasteiger partial charge is 0.294 e. The van der Waals surface area contributed by atoms with Gasteiger partial charge in [0.05, 0.1) is 5.71 Å². The first-order valence-electron chi connectivity index (χ1n) is 4.04. The second kappa shape index (κ2) is 7.15. The lowest BCUT2D eigenvalue weighted by molar-refractivity contribution is -0.111. The summed E-state index contributed by atoms with van der Waals surface area (Å²) < 4.78 is 0. The van der Waals surface area contributed by atoms with E-state index in [9.17, 15) is 4.79 Å². The number of hydrazone groups is 1. The van der Waals surface area contributed by atoms with Gasteiger partial charge >= 0.3 is 0 Å². The van der Waals surface area contributed by atoms with Gasteiger partial charge in [0.1, 0.15) is 0 Å². The number of carbonyl (C=O) groups excluding carboxylic acids is 1. The molecule has 0 saturated carbocycles. The predicted molar refractivity (Wildman–Crippen MR) is 56.8 cm³/mol. The number of hydrogen-bond acceptors (Lipinski definition) is 3. The van der Waals surface area contributed by atoms with E-state index in [1.807, 2.05) is 0 Å². The fourth-order valence-corrected chi connectivity index (χ4v) is 1.08. The van der Waals surface area contributed by atoms with Crippen molar-refractivity contribution in [2.45, 2.75) is 13.8 Å². The highest BCUT2D eigenvalue weighted by Gasteiger charge is 2.03. The molecule has 0 aliphatic rings. The summed E-state index contributed by atoms with van der Waals surface area (Å²) >= 11 is 11.1. The molecule has 0 aromatic heterocycles. The Hall–Kier alpha value is -0.280. The predicted octanol–water partition coefficient (Wildman–Crippen LogP) is 1.73. The third-order valence-corrected chi connectivity index (χ3v) is 1.82. The average molecular weight is 225 g/mol. The normalized spacial score (nSPS) is 11.5. The Morgan fingerprint density at radius 2 is 1.69 bits per heavy atom. The van der Waals surface area contributed by atoms with Crippen molar-refractivity contribution in [2.75, 3.05) is 24.8 Å². The van der Waals surface area contributed by atoms with Crippen LogP contribution in [0.3, 0.4) is 0 Å². The number of carbonyl (C=O) groups is 1. The van der Waals surface area contributed by atoms with E-state index in [2.05, 4.69) is 5.10 Å². The van der Waals surface area contributed by atoms with Crippen LogP contribution in [0.25, 0.3) is 0 Å². The Morgan fingerprint density at radius 3 is 2.00 bits per heavy atom. The summed E-state index contributed by atoms with van der Waals surface area (Å²) in [5.74, 6) is 0.922. The Morgan fingerprint density at radius 1 is 1.23 bits per heavy atom. The number of nitrogens with zero attached hydrogens (tertiary/aromatic N) is 2. The summed E-state index contributed by atoms with van der Waals surface area (Å²) in [5.41, 5.74) is 0.482. The lowest BCUT2D eigenvalue weighted by Gasteiger charge is -2.16. The minimum atomic E-state index is -0.0332. The molecule has 0 aromatic rings. The van der Waals surface area contributed by atoms with Crippen LogP contribution >= 0.6 is 23.2 Å². The van der Waals surface area contributed by atoms with Gasteiger partial charge in [0.15, 0.2) is 5.78 Å². The number of alkyl halides is 2. The van der Waals surface area contributed by atoms with Crippen LogP contribution in [-0.2, 0) is 4.79 Å². The Labute approximate surface area is 88.7 Å². The molecule has 0 rings (SSSR count). The van der Waals surface area contributed by atoms with Gasteiger partial charge < -0.3 is 0 Å². The maximum absolute atomic E-state index is 10.9. The van der Waals surface area contributed by atoms with Crippen molar-refractivity contribution in [3.8, 4) is 0 Å². The van der Waals surface area contributed by atoms with Crippen LogP contribution in [0, 0.1) is 0 Å². The van der Waals surface area contributed by atoms with Gasteiger partial charge in [-0.15, -0.1) is 23.2 Å². The zero-order valence-electron chi connectivity index (χ0n) is 7.89. The van der Waals surface area contributed by atoms with E-state index in [4.69, 9.17) is 23.2 Å². The van der Waals surface area contributed by atoms with Crippen molar-refractivity contribution in [1.29, 1.82) is 0 Å². The first-order chi connectivity index (χ1) is 6.11. The molecule has 0 heterocycles. The van der Waals surface area contributed by atoms with Gasteiger partial charge in [0.25, 0.3) is 0 Å². The lowest BCUT2D eigenvalue weighted by Crippen LogP contribution is -2.25. The molecule has 0 unspecified atom stereocenters. The number of rotatable bonds is 6. The molecule has 0 bridgehead atoms. The molecule has 0 fully saturated rings. The van der Waals surface area contributed by atoms with Gasteiger partial charge in [0, 0.05) is 31.8 Å². The lowest BCUT2D eigenvalue weighted by atomic mass is 10.3. The summed E-state index contributed by atoms with van der Waals surface area (Å²) in [5, 5.41) is 5.79. The molecule has 3 nitrogen and oxygen atoms in total. The van der Waals surface area contributed by atoms with Crippen LogP contribution < -0.4 is 0 Å². The molecule has 76 valence electrons. The maximum Gasteiger partial charge on any atom is 0.175 e. The van der Waals surface area contributed by atoms with E-state index < -0.39 is 0 Å². The first kappa shape index (κ1) is 12.7. The SMILES string of the molecule is CC(=O)/C(C)=N/N(CCCl)CCCl. The molecule has 0 amide bonds. The van der Waals surface area contributed by atoms with Gasteiger partial charge in [-0.05, 0) is 6.92 Å². The van der Waals surface area contributed by atoms with E-state index in [0.29, 0.717) is 30.6 Å². The molecule has 13 heavy (non-hydrogen) atoms. The van der Waals surface area contributed by atoms with Crippen molar-refractivity contribution >= 4 is 34.7 Å². The van der Waals surface area contributed by atoms with Crippen molar-refractivity contribution in [2.24, 2.45) is 5.10 Å². The van der Waals surface area contributed by atoms with E-state index in [1.165, 1.54) is 6.92 Å². The molecule has 0 aliphatic carbocycles. The molecule has 0 aliphatic heterocycles. The van der Waals surface area contributed by atoms with Crippen LogP contribution in [0.2, 0.25) is 0 Å². The van der Waals surface area contributed by atoms with Gasteiger partial charge in [-0.3, -0.25) is 9.80 Å². The van der Waals surface area contributed by atoms with Gasteiger partial charge in [-0.25, -0.2) is 0 Å². The molecule has 0 saturated heterocycles. The molecule has 0 N–H and O–H groups in total. The van der Waals surface area contributed by atoms with E-state index in [1.54, 1.807) is 11.9 Å². The molecule has 0 atom stereocenters. The quantitative estimate of drug-likeness (QED) is 0.391. The number of Topliss-reactive ketones (excluding diaryl/α,β-unsaturated/α-hetero) is 1. The third-order valence-electron chi connectivity index (χ3n) is 1.49. The highest BCUT2D eigenvalue weighted by atomic mass is 35.5. The van der Waals surface area contributed by atoms with Crippen molar-refractivity contribution in [1.82, 2.24) is 5.01 Å². The molecule has 0 aromatic carbocycles. The van der Waals surface area contributed by atoms with Crippen LogP contribution in [0.4, 0.5) is 0 Å². The minimum Gasteiger partial charge on any atom is -0.294 e. The summed E-state index contributed by atoms with van der Waals surface area (Å²) in [6.07, 6.45) is 0. The summed E-state index contributed by atoms with van der Waals surface area (Å²) in [4.78, 5) is 10.9. The molecule has 0 radical (unpaired) electrons. The third kappa shape index (κ3) is 5.88. The molecule has 5 heteroatoms. The van der Waals surface area contributed by atoms with Gasteiger partial charge in [-0.2, -0.15) is 5.10 Å². The van der Waals surface area contributed by atoms with E-state index >= 15 is 0 Å². The smallest absolute Gasteiger partial charge is 0.175 e. The highest BCUT2D eigenvalue weighted by molar-refractivity contribution is 6.37. The molecular formula is C8H14Cl2N2O. The van der Waals surface area contributed by atoms with Crippen LogP contribution in [0.1, 0.15) is 13.8 Å². The Kier molecular flexibility index (Phi) is 7.00. The zero-order chi connectivity index (χ0) is 10.3. The maximum atomic E-state index is 10.9. The molecular weight excluding hydrogens is 211 g/mol. The average Bonchev–Trinajstić information content (AvgIpc) is 2.05. The van der Waals surface area contributed by atoms with Crippen molar-refractivity contribution in [3.63, 3.8) is 0 Å². The zero-order valence-corrected chi connectivity index (χ0v) is 9.40. The van der Waals surface area contributed by atoms with Crippen LogP contribution in [0.5, 0.6) is 0 Å². The second-order valence-corrected chi connectivity index (χ2v) is 3.33. The minimum absolute atomic E-state index is 0.0332. The number of ketones is 1. The standard InChI is InChI=1S/C8H14Cl2N2O/c1-7(8(2)13)11-12(5-3-9)6-4-10/h3-6H2,1-2H3/b11-7+. The molecule has 0 spiro atoms. The summed E-state index contributed by atoms with van der Waals surface area (Å²) in [6, 6.07) is 0. The summed E-state index contributed by atoms with van der Waals surface area (Å²) in [6.45, 7) is 4.38. The summed E-state index contributed by atoms with van der Waals surface area (Å²) in [7, 11) is 0. The van der Waals surface area contributed by atoms with E-state index in [-0.39, 0.29) is 5.78 Å². The van der Waals surface area contributed by atoms with E-state index in [0.717, 1.165) is 0 Å². The first-order valence-corrected chi connectivity index (χ1v) is 5.11. The highest BCUT2D eigenvalue weighted by Crippen LogP contribution is 1.94. The topological polar surface area (TPSA) is 32.7 Å². The fourth-order valence-electron chi connectivity index (χ4n) is 0.689. The number of hydrogen-bond donors (Lipinski definition) is 0. The number of halogens is 2. The monoisotopic (exact) mass is 224 g/mol.